The van der Waals surface area contributed by atoms with Crippen molar-refractivity contribution < 1.29 is 27.8 Å². The number of carboxylic acids is 1. The second-order valence-corrected chi connectivity index (χ2v) is 3.98. The van der Waals surface area contributed by atoms with E-state index in [0.29, 0.717) is 12.4 Å². The smallest absolute Gasteiger partial charge is 0.421 e. The average Bonchev–Trinajstić information content (AvgIpc) is 2.34. The minimum Gasteiger partial charge on any atom is -0.494 e. The van der Waals surface area contributed by atoms with Gasteiger partial charge in [-0.15, -0.1) is 0 Å². The number of hydrogen-bond acceptors (Lipinski definition) is 3. The SMILES string of the molecule is CCCOc1ccc(C(N)(C(=O)O)C(F)(F)F)cc1. The molecule has 0 radical (unpaired) electrons. The van der Waals surface area contributed by atoms with Gasteiger partial charge < -0.3 is 15.6 Å². The maximum atomic E-state index is 12.8. The van der Waals surface area contributed by atoms with Gasteiger partial charge in [0, 0.05) is 0 Å². The molecule has 0 heterocycles. The van der Waals surface area contributed by atoms with Crippen molar-refractivity contribution in [3.63, 3.8) is 0 Å². The van der Waals surface area contributed by atoms with Gasteiger partial charge in [0.15, 0.2) is 0 Å². The molecule has 1 atom stereocenters. The van der Waals surface area contributed by atoms with Crippen LogP contribution in [0.5, 0.6) is 5.75 Å². The summed E-state index contributed by atoms with van der Waals surface area (Å²) in [6, 6.07) is 4.54. The number of ether oxygens (including phenoxy) is 1. The van der Waals surface area contributed by atoms with E-state index in [9.17, 15) is 18.0 Å². The van der Waals surface area contributed by atoms with Gasteiger partial charge in [-0.2, -0.15) is 13.2 Å². The first-order chi connectivity index (χ1) is 8.73. The molecule has 0 amide bonds. The predicted molar refractivity (Wildman–Crippen MR) is 61.8 cm³/mol. The lowest BCUT2D eigenvalue weighted by atomic mass is 9.90. The predicted octanol–water partition coefficient (Wildman–Crippen LogP) is 2.28. The van der Waals surface area contributed by atoms with E-state index in [1.165, 1.54) is 12.1 Å². The van der Waals surface area contributed by atoms with E-state index in [1.807, 2.05) is 6.92 Å². The zero-order valence-electron chi connectivity index (χ0n) is 10.2. The maximum absolute atomic E-state index is 12.8. The van der Waals surface area contributed by atoms with E-state index < -0.39 is 23.2 Å². The molecular formula is C12H14F3NO3. The molecule has 0 aromatic heterocycles. The molecule has 0 saturated carbocycles. The van der Waals surface area contributed by atoms with Crippen LogP contribution < -0.4 is 10.5 Å². The van der Waals surface area contributed by atoms with Crippen molar-refractivity contribution in [2.45, 2.75) is 25.1 Å². The fraction of sp³-hybridized carbons (Fsp3) is 0.417. The normalized spacial score (nSPS) is 14.8. The van der Waals surface area contributed by atoms with Crippen molar-refractivity contribution >= 4 is 5.97 Å². The van der Waals surface area contributed by atoms with Gasteiger partial charge in [-0.25, -0.2) is 4.79 Å². The van der Waals surface area contributed by atoms with Crippen LogP contribution in [0.15, 0.2) is 24.3 Å². The zero-order chi connectivity index (χ0) is 14.7. The Bertz CT molecular complexity index is 445. The van der Waals surface area contributed by atoms with Crippen LogP contribution in [-0.2, 0) is 10.3 Å². The second-order valence-electron chi connectivity index (χ2n) is 3.98. The summed E-state index contributed by atoms with van der Waals surface area (Å²) in [7, 11) is 0. The summed E-state index contributed by atoms with van der Waals surface area (Å²) < 4.78 is 43.6. The van der Waals surface area contributed by atoms with Gasteiger partial charge in [-0.05, 0) is 24.1 Å². The fourth-order valence-corrected chi connectivity index (χ4v) is 1.44. The minimum atomic E-state index is -5.09. The summed E-state index contributed by atoms with van der Waals surface area (Å²) in [4.78, 5) is 10.8. The molecule has 0 saturated heterocycles. The number of nitrogens with two attached hydrogens (primary N) is 1. The van der Waals surface area contributed by atoms with Gasteiger partial charge in [0.05, 0.1) is 6.61 Å². The molecule has 1 unspecified atom stereocenters. The molecule has 106 valence electrons. The lowest BCUT2D eigenvalue weighted by Gasteiger charge is -2.27. The minimum absolute atomic E-state index is 0.362. The highest BCUT2D eigenvalue weighted by Gasteiger charge is 2.59. The third-order valence-corrected chi connectivity index (χ3v) is 2.57. The van der Waals surface area contributed by atoms with Crippen LogP contribution >= 0.6 is 0 Å². The molecule has 4 nitrogen and oxygen atoms in total. The van der Waals surface area contributed by atoms with Gasteiger partial charge in [-0.1, -0.05) is 19.1 Å². The highest BCUT2D eigenvalue weighted by molar-refractivity contribution is 5.81. The molecule has 0 aliphatic carbocycles. The molecule has 1 rings (SSSR count). The molecule has 0 bridgehead atoms. The van der Waals surface area contributed by atoms with Crippen LogP contribution in [0.2, 0.25) is 0 Å². The largest absolute Gasteiger partial charge is 0.494 e. The van der Waals surface area contributed by atoms with Crippen LogP contribution in [0.3, 0.4) is 0 Å². The molecule has 1 aromatic carbocycles. The number of alkyl halides is 3. The van der Waals surface area contributed by atoms with Crippen LogP contribution in [0.1, 0.15) is 18.9 Å². The second kappa shape index (κ2) is 5.48. The number of halogens is 3. The van der Waals surface area contributed by atoms with Gasteiger partial charge >= 0.3 is 12.1 Å². The number of hydrogen-bond donors (Lipinski definition) is 2. The summed E-state index contributed by atoms with van der Waals surface area (Å²) in [6.07, 6.45) is -4.34. The summed E-state index contributed by atoms with van der Waals surface area (Å²) in [5.74, 6) is -1.79. The van der Waals surface area contributed by atoms with Crippen molar-refractivity contribution in [2.75, 3.05) is 6.61 Å². The van der Waals surface area contributed by atoms with E-state index >= 15 is 0 Å². The van der Waals surface area contributed by atoms with Gasteiger partial charge in [0.2, 0.25) is 5.54 Å². The van der Waals surface area contributed by atoms with Gasteiger partial charge in [0.1, 0.15) is 5.75 Å². The quantitative estimate of drug-likeness (QED) is 0.866. The van der Waals surface area contributed by atoms with Crippen LogP contribution in [0.25, 0.3) is 0 Å². The monoisotopic (exact) mass is 277 g/mol. The average molecular weight is 277 g/mol. The third-order valence-electron chi connectivity index (χ3n) is 2.57. The van der Waals surface area contributed by atoms with Crippen molar-refractivity contribution in [2.24, 2.45) is 5.73 Å². The Morgan fingerprint density at radius 1 is 1.32 bits per heavy atom. The first-order valence-corrected chi connectivity index (χ1v) is 5.55. The van der Waals surface area contributed by atoms with Crippen LogP contribution in [-0.4, -0.2) is 23.9 Å². The molecule has 0 aliphatic rings. The Labute approximate surface area is 108 Å². The van der Waals surface area contributed by atoms with Crippen molar-refractivity contribution in [1.29, 1.82) is 0 Å². The number of aliphatic carboxylic acids is 1. The Morgan fingerprint density at radius 2 is 1.84 bits per heavy atom. The lowest BCUT2D eigenvalue weighted by molar-refractivity contribution is -0.204. The summed E-state index contributed by atoms with van der Waals surface area (Å²) >= 11 is 0. The highest BCUT2D eigenvalue weighted by atomic mass is 19.4. The summed E-state index contributed by atoms with van der Waals surface area (Å²) in [5, 5.41) is 8.76. The van der Waals surface area contributed by atoms with Gasteiger partial charge in [0.25, 0.3) is 0 Å². The number of carboxylic acid groups (broad SMARTS) is 1. The topological polar surface area (TPSA) is 72.5 Å². The van der Waals surface area contributed by atoms with Crippen LogP contribution in [0, 0.1) is 0 Å². The van der Waals surface area contributed by atoms with E-state index in [2.05, 4.69) is 0 Å². The molecule has 0 fully saturated rings. The van der Waals surface area contributed by atoms with Crippen molar-refractivity contribution in [3.05, 3.63) is 29.8 Å². The lowest BCUT2D eigenvalue weighted by Crippen LogP contribution is -2.56. The maximum Gasteiger partial charge on any atom is 0.421 e. The molecule has 3 N–H and O–H groups in total. The molecule has 1 aromatic rings. The standard InChI is InChI=1S/C12H14F3NO3/c1-2-7-19-9-5-3-8(4-6-9)11(16,10(17)18)12(13,14)15/h3-6H,2,7,16H2,1H3,(H,17,18). The molecule has 19 heavy (non-hydrogen) atoms. The molecule has 7 heteroatoms. The number of benzene rings is 1. The van der Waals surface area contributed by atoms with E-state index in [0.717, 1.165) is 18.6 Å². The van der Waals surface area contributed by atoms with E-state index in [-0.39, 0.29) is 0 Å². The first kappa shape index (κ1) is 15.3. The summed E-state index contributed by atoms with van der Waals surface area (Å²) in [6.45, 7) is 2.30. The Hall–Kier alpha value is -1.76. The van der Waals surface area contributed by atoms with Gasteiger partial charge in [-0.3, -0.25) is 0 Å². The third kappa shape index (κ3) is 2.98. The Kier molecular flexibility index (Phi) is 4.41. The Balaban J connectivity index is 3.09. The first-order valence-electron chi connectivity index (χ1n) is 5.55. The number of carbonyl (C=O) groups is 1. The fourth-order valence-electron chi connectivity index (χ4n) is 1.44. The zero-order valence-corrected chi connectivity index (χ0v) is 10.2. The summed E-state index contributed by atoms with van der Waals surface area (Å²) in [5.41, 5.74) is 1.06. The molecule has 0 spiro atoms. The van der Waals surface area contributed by atoms with E-state index in [1.54, 1.807) is 0 Å². The highest BCUT2D eigenvalue weighted by Crippen LogP contribution is 2.37. The molecule has 0 aliphatic heterocycles. The van der Waals surface area contributed by atoms with E-state index in [4.69, 9.17) is 15.6 Å². The molecular weight excluding hydrogens is 263 g/mol. The van der Waals surface area contributed by atoms with Crippen LogP contribution in [0.4, 0.5) is 13.2 Å². The Morgan fingerprint density at radius 3 is 2.21 bits per heavy atom. The van der Waals surface area contributed by atoms with Crippen molar-refractivity contribution in [3.8, 4) is 5.75 Å². The number of rotatable bonds is 5. The van der Waals surface area contributed by atoms with Crippen molar-refractivity contribution in [1.82, 2.24) is 0 Å².